The smallest absolute Gasteiger partial charge is 0.253 e. The van der Waals surface area contributed by atoms with Gasteiger partial charge in [-0.2, -0.15) is 0 Å². The Balaban J connectivity index is 2.61. The largest absolute Gasteiger partial charge is 0.493 e. The summed E-state index contributed by atoms with van der Waals surface area (Å²) >= 11 is 5.94. The van der Waals surface area contributed by atoms with Crippen LogP contribution in [0.2, 0.25) is 5.02 Å². The first-order valence-electron chi connectivity index (χ1n) is 9.38. The van der Waals surface area contributed by atoms with Gasteiger partial charge in [0.15, 0.2) is 11.5 Å². The highest BCUT2D eigenvalue weighted by molar-refractivity contribution is 7.92. The Kier molecular flexibility index (Phi) is 8.55. The molecule has 1 N–H and O–H groups in total. The summed E-state index contributed by atoms with van der Waals surface area (Å²) in [6.07, 6.45) is 1.08. The van der Waals surface area contributed by atoms with Crippen molar-refractivity contribution in [3.63, 3.8) is 0 Å². The average Bonchev–Trinajstić information content (AvgIpc) is 2.71. The summed E-state index contributed by atoms with van der Waals surface area (Å²) in [6, 6.07) is 9.44. The van der Waals surface area contributed by atoms with Gasteiger partial charge >= 0.3 is 0 Å². The molecule has 2 aromatic rings. The number of ether oxygens (including phenoxy) is 3. The molecule has 170 valence electrons. The molecule has 0 radical (unpaired) electrons. The first-order chi connectivity index (χ1) is 14.6. The summed E-state index contributed by atoms with van der Waals surface area (Å²) in [7, 11) is 0.639. The lowest BCUT2D eigenvalue weighted by molar-refractivity contribution is 0.0906. The first-order valence-corrected chi connectivity index (χ1v) is 11.6. The number of carbonyl (C=O) groups is 1. The van der Waals surface area contributed by atoms with Crippen molar-refractivity contribution in [1.29, 1.82) is 0 Å². The molecule has 2 rings (SSSR count). The molecule has 0 saturated heterocycles. The van der Waals surface area contributed by atoms with E-state index in [1.807, 2.05) is 0 Å². The molecule has 1 amide bonds. The molecule has 0 aliphatic carbocycles. The van der Waals surface area contributed by atoms with Crippen LogP contribution >= 0.6 is 11.6 Å². The van der Waals surface area contributed by atoms with Gasteiger partial charge in [0.05, 0.1) is 44.9 Å². The van der Waals surface area contributed by atoms with Crippen molar-refractivity contribution in [2.24, 2.45) is 0 Å². The van der Waals surface area contributed by atoms with Crippen LogP contribution in [0.4, 0.5) is 5.69 Å². The molecule has 31 heavy (non-hydrogen) atoms. The van der Waals surface area contributed by atoms with E-state index in [4.69, 9.17) is 25.8 Å². The molecule has 0 aliphatic rings. The number of rotatable bonds is 10. The van der Waals surface area contributed by atoms with Crippen LogP contribution in [-0.2, 0) is 21.3 Å². The van der Waals surface area contributed by atoms with Crippen LogP contribution in [0.25, 0.3) is 0 Å². The fraction of sp³-hybridized carbons (Fsp3) is 0.381. The molecule has 1 unspecified atom stereocenters. The minimum Gasteiger partial charge on any atom is -0.493 e. The molecule has 10 heteroatoms. The molecule has 0 bridgehead atoms. The number of benzene rings is 2. The molecule has 0 aliphatic heterocycles. The van der Waals surface area contributed by atoms with Crippen molar-refractivity contribution in [2.75, 3.05) is 38.5 Å². The predicted octanol–water partition coefficient (Wildman–Crippen LogP) is 3.09. The van der Waals surface area contributed by atoms with E-state index in [1.165, 1.54) is 33.5 Å². The highest BCUT2D eigenvalue weighted by atomic mass is 35.5. The van der Waals surface area contributed by atoms with Crippen LogP contribution in [-0.4, -0.2) is 54.6 Å². The summed E-state index contributed by atoms with van der Waals surface area (Å²) in [6.45, 7) is 2.08. The van der Waals surface area contributed by atoms with E-state index in [1.54, 1.807) is 31.2 Å². The van der Waals surface area contributed by atoms with Crippen LogP contribution in [0.1, 0.15) is 22.8 Å². The highest BCUT2D eigenvalue weighted by Gasteiger charge is 2.27. The van der Waals surface area contributed by atoms with Gasteiger partial charge < -0.3 is 19.5 Å². The molecule has 0 heterocycles. The molecule has 0 aromatic heterocycles. The summed E-state index contributed by atoms with van der Waals surface area (Å²) in [5, 5.41) is 3.34. The van der Waals surface area contributed by atoms with Gasteiger partial charge in [0.2, 0.25) is 10.0 Å². The lowest BCUT2D eigenvalue weighted by Gasteiger charge is -2.26. The number of nitrogens with one attached hydrogen (secondary N) is 1. The lowest BCUT2D eigenvalue weighted by Crippen LogP contribution is -2.37. The Bertz CT molecular complexity index is 1010. The lowest BCUT2D eigenvalue weighted by atomic mass is 10.1. The Morgan fingerprint density at radius 1 is 1.10 bits per heavy atom. The van der Waals surface area contributed by atoms with Crippen molar-refractivity contribution in [3.8, 4) is 11.5 Å². The minimum absolute atomic E-state index is 0.000605. The summed E-state index contributed by atoms with van der Waals surface area (Å²) in [5.41, 5.74) is 0.987. The van der Waals surface area contributed by atoms with Crippen molar-refractivity contribution in [3.05, 3.63) is 52.5 Å². The van der Waals surface area contributed by atoms with Crippen LogP contribution < -0.4 is 19.1 Å². The number of hydrogen-bond donors (Lipinski definition) is 1. The number of methoxy groups -OCH3 is 3. The number of carbonyl (C=O) groups excluding carboxylic acids is 1. The van der Waals surface area contributed by atoms with Crippen LogP contribution in [0.5, 0.6) is 11.5 Å². The average molecular weight is 471 g/mol. The van der Waals surface area contributed by atoms with Gasteiger partial charge in [-0.25, -0.2) is 8.42 Å². The molecule has 1 atom stereocenters. The third-order valence-electron chi connectivity index (χ3n) is 4.45. The summed E-state index contributed by atoms with van der Waals surface area (Å²) < 4.78 is 42.3. The summed E-state index contributed by atoms with van der Waals surface area (Å²) in [4.78, 5) is 13.0. The normalized spacial score (nSPS) is 12.2. The Morgan fingerprint density at radius 3 is 2.19 bits per heavy atom. The second-order valence-corrected chi connectivity index (χ2v) is 9.29. The van der Waals surface area contributed by atoms with Crippen LogP contribution in [0.3, 0.4) is 0 Å². The second kappa shape index (κ2) is 10.7. The maximum atomic E-state index is 13.0. The van der Waals surface area contributed by atoms with Gasteiger partial charge in [-0.1, -0.05) is 23.7 Å². The van der Waals surface area contributed by atoms with Gasteiger partial charge in [0, 0.05) is 24.2 Å². The minimum atomic E-state index is -3.77. The fourth-order valence-electron chi connectivity index (χ4n) is 2.99. The van der Waals surface area contributed by atoms with E-state index in [0.29, 0.717) is 28.7 Å². The molecule has 8 nitrogen and oxygen atoms in total. The number of halogens is 1. The number of amides is 1. The van der Waals surface area contributed by atoms with E-state index in [-0.39, 0.29) is 23.8 Å². The third kappa shape index (κ3) is 6.49. The van der Waals surface area contributed by atoms with Gasteiger partial charge in [0.1, 0.15) is 0 Å². The van der Waals surface area contributed by atoms with E-state index < -0.39 is 15.9 Å². The van der Waals surface area contributed by atoms with Gasteiger partial charge in [-0.3, -0.25) is 9.10 Å². The van der Waals surface area contributed by atoms with E-state index in [2.05, 4.69) is 5.32 Å². The number of nitrogens with zero attached hydrogens (tertiary/aromatic N) is 1. The van der Waals surface area contributed by atoms with Crippen molar-refractivity contribution in [1.82, 2.24) is 5.32 Å². The van der Waals surface area contributed by atoms with Gasteiger partial charge in [-0.05, 0) is 30.7 Å². The van der Waals surface area contributed by atoms with Crippen LogP contribution in [0, 0.1) is 0 Å². The number of sulfonamides is 1. The van der Waals surface area contributed by atoms with Crippen molar-refractivity contribution in [2.45, 2.75) is 19.5 Å². The van der Waals surface area contributed by atoms with E-state index in [0.717, 1.165) is 10.6 Å². The summed E-state index contributed by atoms with van der Waals surface area (Å²) in [5.74, 6) is 0.129. The Labute approximate surface area is 188 Å². The maximum Gasteiger partial charge on any atom is 0.253 e. The SMILES string of the molecule is COCC(C)NC(=O)c1cc(OC)c(OC)cc1N(Cc1ccc(Cl)cc1)S(C)(=O)=O. The maximum absolute atomic E-state index is 13.0. The van der Waals surface area contributed by atoms with Crippen molar-refractivity contribution < 1.29 is 27.4 Å². The molecule has 2 aromatic carbocycles. The van der Waals surface area contributed by atoms with Gasteiger partial charge in [-0.15, -0.1) is 0 Å². The predicted molar refractivity (Wildman–Crippen MR) is 121 cm³/mol. The zero-order valence-electron chi connectivity index (χ0n) is 18.1. The zero-order chi connectivity index (χ0) is 23.2. The molecular weight excluding hydrogens is 444 g/mol. The first kappa shape index (κ1) is 24.8. The molecule has 0 fully saturated rings. The molecule has 0 spiro atoms. The van der Waals surface area contributed by atoms with Gasteiger partial charge in [0.25, 0.3) is 5.91 Å². The third-order valence-corrected chi connectivity index (χ3v) is 5.83. The topological polar surface area (TPSA) is 94.2 Å². The standard InChI is InChI=1S/C21H27ClN2O6S/c1-14(13-28-2)23-21(25)17-10-19(29-3)20(30-4)11-18(17)24(31(5,26)27)12-15-6-8-16(22)9-7-15/h6-11,14H,12-13H2,1-5H3,(H,23,25). The highest BCUT2D eigenvalue weighted by Crippen LogP contribution is 2.37. The molecule has 0 saturated carbocycles. The number of hydrogen-bond acceptors (Lipinski definition) is 6. The van der Waals surface area contributed by atoms with E-state index >= 15 is 0 Å². The second-order valence-electron chi connectivity index (χ2n) is 6.95. The zero-order valence-corrected chi connectivity index (χ0v) is 19.7. The quantitative estimate of drug-likeness (QED) is 0.573. The fourth-order valence-corrected chi connectivity index (χ4v) is 4.00. The Morgan fingerprint density at radius 2 is 1.68 bits per heavy atom. The van der Waals surface area contributed by atoms with Crippen molar-refractivity contribution >= 4 is 33.2 Å². The molecular formula is C21H27ClN2O6S. The van der Waals surface area contributed by atoms with E-state index in [9.17, 15) is 13.2 Å². The monoisotopic (exact) mass is 470 g/mol. The Hall–Kier alpha value is -2.49. The van der Waals surface area contributed by atoms with Crippen LogP contribution in [0.15, 0.2) is 36.4 Å². The number of anilines is 1.